The van der Waals surface area contributed by atoms with Gasteiger partial charge in [-0.2, -0.15) is 13.2 Å². The van der Waals surface area contributed by atoms with Crippen LogP contribution in [0.2, 0.25) is 0 Å². The number of rotatable bonds is 4. The van der Waals surface area contributed by atoms with E-state index in [1.807, 2.05) is 12.1 Å². The van der Waals surface area contributed by atoms with E-state index in [1.165, 1.54) is 6.07 Å². The van der Waals surface area contributed by atoms with Crippen LogP contribution in [-0.4, -0.2) is 30.2 Å². The zero-order chi connectivity index (χ0) is 17.3. The molecule has 2 aromatic carbocycles. The van der Waals surface area contributed by atoms with Gasteiger partial charge in [-0.3, -0.25) is 10.2 Å². The number of carbonyl (C=O) groups excluding carboxylic acids is 1. The van der Waals surface area contributed by atoms with Crippen molar-refractivity contribution in [3.63, 3.8) is 0 Å². The fourth-order valence-corrected chi connectivity index (χ4v) is 2.99. The van der Waals surface area contributed by atoms with Gasteiger partial charge < -0.3 is 4.74 Å². The maximum absolute atomic E-state index is 13.8. The summed E-state index contributed by atoms with van der Waals surface area (Å²) in [6, 6.07) is 8.26. The van der Waals surface area contributed by atoms with Crippen molar-refractivity contribution in [3.05, 3.63) is 42.0 Å². The summed E-state index contributed by atoms with van der Waals surface area (Å²) in [5.41, 5.74) is 2.30. The van der Waals surface area contributed by atoms with Crippen LogP contribution in [0.1, 0.15) is 24.9 Å². The van der Waals surface area contributed by atoms with E-state index >= 15 is 0 Å². The summed E-state index contributed by atoms with van der Waals surface area (Å²) >= 11 is 0. The molecule has 1 heterocycles. The molecule has 1 fully saturated rings. The van der Waals surface area contributed by atoms with Crippen molar-refractivity contribution < 1.29 is 22.7 Å². The highest BCUT2D eigenvalue weighted by atomic mass is 19.4. The second-order valence-corrected chi connectivity index (χ2v) is 5.56. The van der Waals surface area contributed by atoms with Gasteiger partial charge in [0.15, 0.2) is 6.04 Å². The van der Waals surface area contributed by atoms with E-state index in [-0.39, 0.29) is 30.9 Å². The zero-order valence-electron chi connectivity index (χ0n) is 13.1. The molecule has 1 aliphatic rings. The van der Waals surface area contributed by atoms with Crippen LogP contribution in [0.15, 0.2) is 36.4 Å². The highest BCUT2D eigenvalue weighted by Crippen LogP contribution is 2.44. The van der Waals surface area contributed by atoms with E-state index < -0.39 is 18.1 Å². The van der Waals surface area contributed by atoms with Crippen molar-refractivity contribution in [3.8, 4) is 5.75 Å². The summed E-state index contributed by atoms with van der Waals surface area (Å²) in [7, 11) is 0. The monoisotopic (exact) mass is 338 g/mol. The Morgan fingerprint density at radius 2 is 2.00 bits per heavy atom. The summed E-state index contributed by atoms with van der Waals surface area (Å²) in [6.07, 6.45) is -4.50. The third kappa shape index (κ3) is 3.03. The summed E-state index contributed by atoms with van der Waals surface area (Å²) in [4.78, 5) is 11.4. The average Bonchev–Trinajstić information content (AvgIpc) is 2.94. The van der Waals surface area contributed by atoms with Crippen LogP contribution in [-0.2, 0) is 4.79 Å². The first-order chi connectivity index (χ1) is 11.4. The fraction of sp³-hybridized carbons (Fsp3) is 0.353. The zero-order valence-corrected chi connectivity index (χ0v) is 13.1. The van der Waals surface area contributed by atoms with E-state index in [9.17, 15) is 18.0 Å². The van der Waals surface area contributed by atoms with Gasteiger partial charge in [0, 0.05) is 23.9 Å². The molecule has 128 valence electrons. The molecular formula is C17H17F3N2O2. The Labute approximate surface area is 137 Å². The minimum Gasteiger partial charge on any atom is -0.493 e. The largest absolute Gasteiger partial charge is 0.493 e. The van der Waals surface area contributed by atoms with Gasteiger partial charge >= 0.3 is 6.18 Å². The number of halogens is 3. The van der Waals surface area contributed by atoms with Crippen LogP contribution in [0.3, 0.4) is 0 Å². The van der Waals surface area contributed by atoms with Gasteiger partial charge in [-0.1, -0.05) is 36.4 Å². The first-order valence-corrected chi connectivity index (χ1v) is 7.69. The number of fused-ring (bicyclic) bond motifs is 1. The van der Waals surface area contributed by atoms with Gasteiger partial charge in [-0.25, -0.2) is 5.01 Å². The molecule has 1 saturated heterocycles. The van der Waals surface area contributed by atoms with E-state index in [4.69, 9.17) is 4.74 Å². The summed E-state index contributed by atoms with van der Waals surface area (Å²) in [6.45, 7) is 1.98. The quantitative estimate of drug-likeness (QED) is 0.926. The lowest BCUT2D eigenvalue weighted by atomic mass is 9.99. The molecule has 7 heteroatoms. The molecule has 4 nitrogen and oxygen atoms in total. The lowest BCUT2D eigenvalue weighted by molar-refractivity contribution is -0.191. The highest BCUT2D eigenvalue weighted by molar-refractivity contribution is 5.90. The average molecular weight is 338 g/mol. The molecule has 1 aliphatic heterocycles. The van der Waals surface area contributed by atoms with Gasteiger partial charge in [0.05, 0.1) is 6.61 Å². The van der Waals surface area contributed by atoms with Crippen LogP contribution < -0.4 is 10.2 Å². The lowest BCUT2D eigenvalue weighted by Crippen LogP contribution is -2.43. The van der Waals surface area contributed by atoms with Crippen molar-refractivity contribution >= 4 is 16.7 Å². The topological polar surface area (TPSA) is 41.6 Å². The summed E-state index contributed by atoms with van der Waals surface area (Å²) in [5.74, 6) is -0.206. The van der Waals surface area contributed by atoms with Gasteiger partial charge in [0.1, 0.15) is 5.75 Å². The number of nitrogens with one attached hydrogen (secondary N) is 1. The number of ether oxygens (including phenoxy) is 1. The number of alkyl halides is 3. The standard InChI is InChI=1S/C17H17F3N2O2/c1-2-24-15-12-6-4-3-5-11(12)7-8-13(15)16(17(18,19)20)22-10-9-14(23)21-22/h3-8,16H,2,9-10H2,1H3,(H,21,23). The van der Waals surface area contributed by atoms with Crippen LogP contribution in [0.5, 0.6) is 5.75 Å². The molecule has 0 spiro atoms. The van der Waals surface area contributed by atoms with Gasteiger partial charge in [0.2, 0.25) is 5.91 Å². The first-order valence-electron chi connectivity index (χ1n) is 7.69. The van der Waals surface area contributed by atoms with Crippen LogP contribution in [0.25, 0.3) is 10.8 Å². The molecule has 1 amide bonds. The Morgan fingerprint density at radius 3 is 2.62 bits per heavy atom. The Bertz CT molecular complexity index is 761. The Kier molecular flexibility index (Phi) is 4.36. The predicted octanol–water partition coefficient (Wildman–Crippen LogP) is 3.58. The van der Waals surface area contributed by atoms with Gasteiger partial charge in [-0.05, 0) is 12.3 Å². The van der Waals surface area contributed by atoms with E-state index in [2.05, 4.69) is 5.43 Å². The van der Waals surface area contributed by atoms with Crippen LogP contribution in [0.4, 0.5) is 13.2 Å². The molecule has 0 aromatic heterocycles. The van der Waals surface area contributed by atoms with E-state index in [0.717, 1.165) is 10.4 Å². The maximum Gasteiger partial charge on any atom is 0.410 e. The van der Waals surface area contributed by atoms with Crippen molar-refractivity contribution in [1.29, 1.82) is 0 Å². The van der Waals surface area contributed by atoms with Crippen molar-refractivity contribution in [2.75, 3.05) is 13.2 Å². The molecule has 0 aliphatic carbocycles. The molecule has 1 atom stereocenters. The maximum atomic E-state index is 13.8. The molecule has 1 unspecified atom stereocenters. The molecule has 0 radical (unpaired) electrons. The molecule has 0 bridgehead atoms. The molecule has 1 N–H and O–H groups in total. The Morgan fingerprint density at radius 1 is 1.25 bits per heavy atom. The normalized spacial score (nSPS) is 17.1. The number of hydrogen-bond donors (Lipinski definition) is 1. The third-order valence-electron chi connectivity index (χ3n) is 3.96. The summed E-state index contributed by atoms with van der Waals surface area (Å²) in [5, 5.41) is 2.36. The third-order valence-corrected chi connectivity index (χ3v) is 3.96. The second-order valence-electron chi connectivity index (χ2n) is 5.56. The lowest BCUT2D eigenvalue weighted by Gasteiger charge is -2.30. The second kappa shape index (κ2) is 6.32. The Hall–Kier alpha value is -2.28. The molecule has 2 aromatic rings. The minimum absolute atomic E-state index is 0.00139. The van der Waals surface area contributed by atoms with Crippen molar-refractivity contribution in [2.24, 2.45) is 0 Å². The number of carbonyl (C=O) groups is 1. The predicted molar refractivity (Wildman–Crippen MR) is 83.4 cm³/mol. The number of benzene rings is 2. The fourth-order valence-electron chi connectivity index (χ4n) is 2.99. The van der Waals surface area contributed by atoms with E-state index in [0.29, 0.717) is 5.39 Å². The molecule has 0 saturated carbocycles. The molecule has 24 heavy (non-hydrogen) atoms. The van der Waals surface area contributed by atoms with Crippen LogP contribution in [0, 0.1) is 0 Å². The van der Waals surface area contributed by atoms with E-state index in [1.54, 1.807) is 25.1 Å². The van der Waals surface area contributed by atoms with Crippen molar-refractivity contribution in [2.45, 2.75) is 25.6 Å². The number of nitrogens with zero attached hydrogens (tertiary/aromatic N) is 1. The highest BCUT2D eigenvalue weighted by Gasteiger charge is 2.48. The molecular weight excluding hydrogens is 321 g/mol. The SMILES string of the molecule is CCOc1c(C(N2CCC(=O)N2)C(F)(F)F)ccc2ccccc12. The molecule has 3 rings (SSSR count). The number of hydrazine groups is 1. The summed E-state index contributed by atoms with van der Waals surface area (Å²) < 4.78 is 46.8. The van der Waals surface area contributed by atoms with Crippen LogP contribution >= 0.6 is 0 Å². The Balaban J connectivity index is 2.16. The number of hydrogen-bond acceptors (Lipinski definition) is 3. The van der Waals surface area contributed by atoms with Gasteiger partial charge in [0.25, 0.3) is 0 Å². The smallest absolute Gasteiger partial charge is 0.410 e. The first kappa shape index (κ1) is 16.6. The van der Waals surface area contributed by atoms with Crippen molar-refractivity contribution in [1.82, 2.24) is 10.4 Å². The number of amides is 1. The van der Waals surface area contributed by atoms with Gasteiger partial charge in [-0.15, -0.1) is 0 Å². The minimum atomic E-state index is -4.55.